The molecule has 0 aliphatic carbocycles. The van der Waals surface area contributed by atoms with E-state index in [2.05, 4.69) is 0 Å². The molecule has 0 saturated heterocycles. The lowest BCUT2D eigenvalue weighted by atomic mass is 10.1. The van der Waals surface area contributed by atoms with Gasteiger partial charge in [-0.3, -0.25) is 0 Å². The summed E-state index contributed by atoms with van der Waals surface area (Å²) in [5.74, 6) is 0.00435. The van der Waals surface area contributed by atoms with Gasteiger partial charge in [-0.15, -0.1) is 0 Å². The Kier molecular flexibility index (Phi) is 2.77. The summed E-state index contributed by atoms with van der Waals surface area (Å²) in [6.07, 6.45) is -0.111. The van der Waals surface area contributed by atoms with E-state index in [1.54, 1.807) is 6.07 Å². The number of aliphatic hydroxyl groups excluding tert-OH is 1. The maximum atomic E-state index is 13.8. The van der Waals surface area contributed by atoms with Gasteiger partial charge in [0.1, 0.15) is 0 Å². The Morgan fingerprint density at radius 1 is 1.33 bits per heavy atom. The third-order valence-electron chi connectivity index (χ3n) is 2.33. The standard InChI is InChI=1S/C11H13FO3/c1-7(13)8-3-4-9-11(10(8)12)15-6-2-5-14-9/h3-4,7,13H,2,5-6H2,1H3. The molecule has 0 bridgehead atoms. The zero-order chi connectivity index (χ0) is 10.8. The minimum Gasteiger partial charge on any atom is -0.489 e. The first kappa shape index (κ1) is 10.2. The SMILES string of the molecule is CC(O)c1ccc2c(c1F)OCCCO2. The normalized spacial score (nSPS) is 17.0. The molecule has 0 radical (unpaired) electrons. The Morgan fingerprint density at radius 3 is 2.80 bits per heavy atom. The second kappa shape index (κ2) is 4.06. The second-order valence-electron chi connectivity index (χ2n) is 3.52. The Hall–Kier alpha value is -1.29. The summed E-state index contributed by atoms with van der Waals surface area (Å²) in [5.41, 5.74) is 0.235. The van der Waals surface area contributed by atoms with Crippen molar-refractivity contribution < 1.29 is 19.0 Å². The van der Waals surface area contributed by atoms with Crippen LogP contribution in [0.25, 0.3) is 0 Å². The molecule has 0 fully saturated rings. The predicted octanol–water partition coefficient (Wildman–Crippen LogP) is 2.04. The molecule has 0 saturated carbocycles. The summed E-state index contributed by atoms with van der Waals surface area (Å²) in [4.78, 5) is 0. The quantitative estimate of drug-likeness (QED) is 0.774. The third-order valence-corrected chi connectivity index (χ3v) is 2.33. The summed E-state index contributed by atoms with van der Waals surface area (Å²) in [7, 11) is 0. The highest BCUT2D eigenvalue weighted by molar-refractivity contribution is 5.45. The number of ether oxygens (including phenoxy) is 2. The molecule has 15 heavy (non-hydrogen) atoms. The molecule has 1 aliphatic heterocycles. The first-order valence-electron chi connectivity index (χ1n) is 4.96. The zero-order valence-corrected chi connectivity index (χ0v) is 8.50. The summed E-state index contributed by atoms with van der Waals surface area (Å²) in [6, 6.07) is 3.15. The van der Waals surface area contributed by atoms with Crippen molar-refractivity contribution in [3.05, 3.63) is 23.5 Å². The average molecular weight is 212 g/mol. The molecule has 2 rings (SSSR count). The highest BCUT2D eigenvalue weighted by Crippen LogP contribution is 2.35. The van der Waals surface area contributed by atoms with Gasteiger partial charge < -0.3 is 14.6 Å². The molecular formula is C11H13FO3. The van der Waals surface area contributed by atoms with Crippen molar-refractivity contribution in [2.24, 2.45) is 0 Å². The fraction of sp³-hybridized carbons (Fsp3) is 0.455. The van der Waals surface area contributed by atoms with E-state index in [4.69, 9.17) is 9.47 Å². The van der Waals surface area contributed by atoms with E-state index in [1.807, 2.05) is 0 Å². The minimum atomic E-state index is -0.845. The number of hydrogen-bond acceptors (Lipinski definition) is 3. The van der Waals surface area contributed by atoms with Crippen molar-refractivity contribution in [3.8, 4) is 11.5 Å². The van der Waals surface area contributed by atoms with Gasteiger partial charge in [0, 0.05) is 12.0 Å². The van der Waals surface area contributed by atoms with Gasteiger partial charge in [0.25, 0.3) is 0 Å². The highest BCUT2D eigenvalue weighted by Gasteiger charge is 2.20. The van der Waals surface area contributed by atoms with Gasteiger partial charge in [-0.25, -0.2) is 4.39 Å². The van der Waals surface area contributed by atoms with E-state index in [1.165, 1.54) is 13.0 Å². The molecule has 0 amide bonds. The topological polar surface area (TPSA) is 38.7 Å². The maximum absolute atomic E-state index is 13.8. The fourth-order valence-electron chi connectivity index (χ4n) is 1.54. The smallest absolute Gasteiger partial charge is 0.197 e. The monoisotopic (exact) mass is 212 g/mol. The van der Waals surface area contributed by atoms with Gasteiger partial charge in [-0.1, -0.05) is 0 Å². The van der Waals surface area contributed by atoms with Gasteiger partial charge in [0.2, 0.25) is 0 Å². The van der Waals surface area contributed by atoms with Crippen LogP contribution in [0.2, 0.25) is 0 Å². The van der Waals surface area contributed by atoms with E-state index < -0.39 is 11.9 Å². The Bertz CT molecular complexity index is 363. The van der Waals surface area contributed by atoms with E-state index in [9.17, 15) is 9.50 Å². The lowest BCUT2D eigenvalue weighted by Crippen LogP contribution is -2.01. The first-order valence-corrected chi connectivity index (χ1v) is 4.96. The van der Waals surface area contributed by atoms with Crippen LogP contribution in [0.1, 0.15) is 25.0 Å². The number of halogens is 1. The molecule has 1 heterocycles. The molecule has 3 nitrogen and oxygen atoms in total. The van der Waals surface area contributed by atoms with Gasteiger partial charge in [-0.2, -0.15) is 0 Å². The number of aliphatic hydroxyl groups is 1. The van der Waals surface area contributed by atoms with Crippen LogP contribution in [0.3, 0.4) is 0 Å². The summed E-state index contributed by atoms with van der Waals surface area (Å²) >= 11 is 0. The van der Waals surface area contributed by atoms with Gasteiger partial charge in [-0.05, 0) is 19.1 Å². The first-order chi connectivity index (χ1) is 7.20. The van der Waals surface area contributed by atoms with Gasteiger partial charge >= 0.3 is 0 Å². The molecule has 0 aromatic heterocycles. The van der Waals surface area contributed by atoms with Crippen LogP contribution in [0.5, 0.6) is 11.5 Å². The van der Waals surface area contributed by atoms with Gasteiger partial charge in [0.05, 0.1) is 19.3 Å². The van der Waals surface area contributed by atoms with Crippen molar-refractivity contribution >= 4 is 0 Å². The predicted molar refractivity (Wildman–Crippen MR) is 52.6 cm³/mol. The summed E-state index contributed by atoms with van der Waals surface area (Å²) < 4.78 is 24.4. The maximum Gasteiger partial charge on any atom is 0.197 e. The van der Waals surface area contributed by atoms with Crippen molar-refractivity contribution in [1.29, 1.82) is 0 Å². The minimum absolute atomic E-state index is 0.117. The lowest BCUT2D eigenvalue weighted by molar-refractivity contribution is 0.192. The average Bonchev–Trinajstić information content (AvgIpc) is 2.43. The molecule has 1 atom stereocenters. The zero-order valence-electron chi connectivity index (χ0n) is 8.50. The van der Waals surface area contributed by atoms with Crippen LogP contribution in [-0.4, -0.2) is 18.3 Å². The second-order valence-corrected chi connectivity index (χ2v) is 3.52. The molecular weight excluding hydrogens is 199 g/mol. The molecule has 1 aliphatic rings. The van der Waals surface area contributed by atoms with E-state index >= 15 is 0 Å². The van der Waals surface area contributed by atoms with Crippen LogP contribution >= 0.6 is 0 Å². The summed E-state index contributed by atoms with van der Waals surface area (Å²) in [6.45, 7) is 2.48. The Labute approximate surface area is 87.4 Å². The van der Waals surface area contributed by atoms with Crippen molar-refractivity contribution in [3.63, 3.8) is 0 Å². The molecule has 1 aromatic carbocycles. The number of hydrogen-bond donors (Lipinski definition) is 1. The molecule has 1 unspecified atom stereocenters. The molecule has 1 N–H and O–H groups in total. The number of fused-ring (bicyclic) bond motifs is 1. The van der Waals surface area contributed by atoms with Crippen molar-refractivity contribution in [1.82, 2.24) is 0 Å². The number of benzene rings is 1. The van der Waals surface area contributed by atoms with E-state index in [-0.39, 0.29) is 11.3 Å². The number of rotatable bonds is 1. The molecule has 1 aromatic rings. The molecule has 0 spiro atoms. The Balaban J connectivity index is 2.46. The summed E-state index contributed by atoms with van der Waals surface area (Å²) in [5, 5.41) is 9.34. The van der Waals surface area contributed by atoms with E-state index in [0.29, 0.717) is 19.0 Å². The van der Waals surface area contributed by atoms with Crippen LogP contribution in [0, 0.1) is 5.82 Å². The van der Waals surface area contributed by atoms with Crippen LogP contribution in [-0.2, 0) is 0 Å². The Morgan fingerprint density at radius 2 is 2.07 bits per heavy atom. The molecule has 4 heteroatoms. The van der Waals surface area contributed by atoms with Crippen molar-refractivity contribution in [2.75, 3.05) is 13.2 Å². The lowest BCUT2D eigenvalue weighted by Gasteiger charge is -2.12. The third kappa shape index (κ3) is 1.90. The van der Waals surface area contributed by atoms with Crippen LogP contribution < -0.4 is 9.47 Å². The highest BCUT2D eigenvalue weighted by atomic mass is 19.1. The van der Waals surface area contributed by atoms with Crippen LogP contribution in [0.4, 0.5) is 4.39 Å². The largest absolute Gasteiger partial charge is 0.489 e. The van der Waals surface area contributed by atoms with E-state index in [0.717, 1.165) is 6.42 Å². The van der Waals surface area contributed by atoms with Crippen molar-refractivity contribution in [2.45, 2.75) is 19.4 Å². The van der Waals surface area contributed by atoms with Crippen LogP contribution in [0.15, 0.2) is 12.1 Å². The van der Waals surface area contributed by atoms with Gasteiger partial charge in [0.15, 0.2) is 17.3 Å². The molecule has 82 valence electrons. The fourth-order valence-corrected chi connectivity index (χ4v) is 1.54.